The van der Waals surface area contributed by atoms with E-state index >= 15 is 0 Å². The molecule has 2 rings (SSSR count). The van der Waals surface area contributed by atoms with E-state index in [4.69, 9.17) is 11.6 Å². The summed E-state index contributed by atoms with van der Waals surface area (Å²) in [5, 5.41) is 6.06. The molecule has 0 bridgehead atoms. The normalized spacial score (nSPS) is 16.2. The number of carbonyl (C=O) groups excluding carboxylic acids is 3. The van der Waals surface area contributed by atoms with Gasteiger partial charge in [0.2, 0.25) is 5.91 Å². The molecule has 0 unspecified atom stereocenters. The highest BCUT2D eigenvalue weighted by atomic mass is 35.5. The Labute approximate surface area is 150 Å². The highest BCUT2D eigenvalue weighted by Gasteiger charge is 2.43. The summed E-state index contributed by atoms with van der Waals surface area (Å²) in [5.41, 5.74) is -0.900. The quantitative estimate of drug-likeness (QED) is 0.439. The van der Waals surface area contributed by atoms with Crippen LogP contribution in [0.5, 0.6) is 0 Å². The van der Waals surface area contributed by atoms with Crippen LogP contribution in [0.1, 0.15) is 20.3 Å². The maximum Gasteiger partial charge on any atom is 0.325 e. The Morgan fingerprint density at radius 3 is 2.54 bits per heavy atom. The number of rotatable bonds is 7. The van der Waals surface area contributed by atoms with Gasteiger partial charge in [0.05, 0.1) is 0 Å². The van der Waals surface area contributed by atoms with E-state index in [0.29, 0.717) is 11.6 Å². The summed E-state index contributed by atoms with van der Waals surface area (Å²) in [6.45, 7) is 3.88. The first-order valence-corrected chi connectivity index (χ1v) is 8.95. The number of hydrogen-bond donors (Lipinski definition) is 2. The lowest BCUT2D eigenvalue weighted by Gasteiger charge is -2.15. The minimum Gasteiger partial charge on any atom is -0.355 e. The van der Waals surface area contributed by atoms with Crippen molar-refractivity contribution in [2.45, 2.75) is 30.7 Å². The fraction of sp³-hybridized carbons (Fsp3) is 0.438. The lowest BCUT2D eigenvalue weighted by Crippen LogP contribution is -2.40. The molecule has 4 amide bonds. The van der Waals surface area contributed by atoms with Crippen LogP contribution >= 0.6 is 23.4 Å². The molecule has 1 heterocycles. The fourth-order valence-electron chi connectivity index (χ4n) is 2.21. The number of thioether (sulfide) groups is 1. The first-order valence-electron chi connectivity index (χ1n) is 7.59. The van der Waals surface area contributed by atoms with Gasteiger partial charge in [-0.1, -0.05) is 11.6 Å². The number of halogens is 1. The van der Waals surface area contributed by atoms with Crippen LogP contribution in [0.25, 0.3) is 0 Å². The molecule has 8 heteroatoms. The van der Waals surface area contributed by atoms with Crippen LogP contribution in [-0.2, 0) is 9.59 Å². The van der Waals surface area contributed by atoms with E-state index in [-0.39, 0.29) is 24.8 Å². The molecule has 130 valence electrons. The van der Waals surface area contributed by atoms with Crippen LogP contribution in [0.15, 0.2) is 29.2 Å². The first-order chi connectivity index (χ1) is 11.3. The molecule has 1 aromatic carbocycles. The van der Waals surface area contributed by atoms with Crippen LogP contribution in [0, 0.1) is 0 Å². The molecule has 1 aliphatic heterocycles. The van der Waals surface area contributed by atoms with E-state index in [2.05, 4.69) is 10.6 Å². The minimum atomic E-state index is -0.900. The van der Waals surface area contributed by atoms with Crippen LogP contribution in [-0.4, -0.2) is 47.1 Å². The van der Waals surface area contributed by atoms with Gasteiger partial charge in [0, 0.05) is 35.2 Å². The topological polar surface area (TPSA) is 78.5 Å². The Morgan fingerprint density at radius 1 is 1.29 bits per heavy atom. The number of hydrogen-bond acceptors (Lipinski definition) is 4. The van der Waals surface area contributed by atoms with E-state index in [1.54, 1.807) is 25.6 Å². The molecule has 6 nitrogen and oxygen atoms in total. The van der Waals surface area contributed by atoms with Crippen LogP contribution in [0.4, 0.5) is 4.79 Å². The van der Waals surface area contributed by atoms with Crippen molar-refractivity contribution in [2.75, 3.05) is 18.8 Å². The SMILES string of the molecule is CC1(C)NC(=O)N(CCC(=O)NCCSc2ccc(Cl)cc2)C1=O. The fourth-order valence-corrected chi connectivity index (χ4v) is 3.11. The monoisotopic (exact) mass is 369 g/mol. The van der Waals surface area contributed by atoms with Crippen LogP contribution in [0.3, 0.4) is 0 Å². The van der Waals surface area contributed by atoms with Crippen molar-refractivity contribution >= 4 is 41.2 Å². The van der Waals surface area contributed by atoms with Gasteiger partial charge in [-0.3, -0.25) is 14.5 Å². The molecule has 1 saturated heterocycles. The second-order valence-corrected chi connectivity index (χ2v) is 7.52. The Bertz CT molecular complexity index is 634. The zero-order valence-electron chi connectivity index (χ0n) is 13.6. The smallest absolute Gasteiger partial charge is 0.325 e. The maximum atomic E-state index is 12.0. The average Bonchev–Trinajstić information content (AvgIpc) is 2.72. The molecule has 0 saturated carbocycles. The number of imide groups is 1. The predicted molar refractivity (Wildman–Crippen MR) is 94.1 cm³/mol. The van der Waals surface area contributed by atoms with E-state index in [1.807, 2.05) is 24.3 Å². The zero-order valence-corrected chi connectivity index (χ0v) is 15.2. The molecule has 0 spiro atoms. The lowest BCUT2D eigenvalue weighted by molar-refractivity contribution is -0.130. The van der Waals surface area contributed by atoms with Gasteiger partial charge < -0.3 is 10.6 Å². The summed E-state index contributed by atoms with van der Waals surface area (Å²) in [6.07, 6.45) is 0.0981. The number of nitrogens with zero attached hydrogens (tertiary/aromatic N) is 1. The van der Waals surface area contributed by atoms with Crippen molar-refractivity contribution in [1.29, 1.82) is 0 Å². The average molecular weight is 370 g/mol. The van der Waals surface area contributed by atoms with Gasteiger partial charge in [-0.15, -0.1) is 11.8 Å². The molecule has 1 fully saturated rings. The summed E-state index contributed by atoms with van der Waals surface area (Å²) in [5.74, 6) is 0.236. The molecular formula is C16H20ClN3O3S. The Morgan fingerprint density at radius 2 is 1.96 bits per heavy atom. The number of urea groups is 1. The van der Waals surface area contributed by atoms with E-state index in [0.717, 1.165) is 15.5 Å². The van der Waals surface area contributed by atoms with Crippen molar-refractivity contribution in [1.82, 2.24) is 15.5 Å². The van der Waals surface area contributed by atoms with E-state index in [1.165, 1.54) is 0 Å². The molecule has 24 heavy (non-hydrogen) atoms. The van der Waals surface area contributed by atoms with Gasteiger partial charge >= 0.3 is 6.03 Å². The predicted octanol–water partition coefficient (Wildman–Crippen LogP) is 2.27. The zero-order chi connectivity index (χ0) is 17.7. The molecule has 2 N–H and O–H groups in total. The number of carbonyl (C=O) groups is 3. The standard InChI is InChI=1S/C16H20ClN3O3S/c1-16(2)14(22)20(15(23)19-16)9-7-13(21)18-8-10-24-12-5-3-11(17)4-6-12/h3-6H,7-10H2,1-2H3,(H,18,21)(H,19,23). The third-order valence-electron chi connectivity index (χ3n) is 3.51. The number of amides is 4. The minimum absolute atomic E-state index is 0.0876. The first kappa shape index (κ1) is 18.6. The second-order valence-electron chi connectivity index (χ2n) is 5.91. The van der Waals surface area contributed by atoms with Crippen LogP contribution < -0.4 is 10.6 Å². The van der Waals surface area contributed by atoms with E-state index < -0.39 is 11.6 Å². The van der Waals surface area contributed by atoms with Crippen molar-refractivity contribution in [2.24, 2.45) is 0 Å². The Balaban J connectivity index is 1.66. The van der Waals surface area contributed by atoms with Gasteiger partial charge in [-0.2, -0.15) is 0 Å². The summed E-state index contributed by atoms with van der Waals surface area (Å²) >= 11 is 7.43. The van der Waals surface area contributed by atoms with E-state index in [9.17, 15) is 14.4 Å². The third-order valence-corrected chi connectivity index (χ3v) is 4.78. The molecule has 0 aromatic heterocycles. The summed E-state index contributed by atoms with van der Waals surface area (Å²) < 4.78 is 0. The summed E-state index contributed by atoms with van der Waals surface area (Å²) in [6, 6.07) is 7.04. The Hall–Kier alpha value is -1.73. The molecule has 1 aliphatic rings. The van der Waals surface area contributed by atoms with Crippen LogP contribution in [0.2, 0.25) is 5.02 Å². The van der Waals surface area contributed by atoms with Gasteiger partial charge in [-0.05, 0) is 38.1 Å². The summed E-state index contributed by atoms with van der Waals surface area (Å²) in [4.78, 5) is 37.7. The maximum absolute atomic E-state index is 12.0. The number of benzene rings is 1. The molecular weight excluding hydrogens is 350 g/mol. The molecule has 1 aromatic rings. The van der Waals surface area contributed by atoms with Crippen molar-refractivity contribution in [3.8, 4) is 0 Å². The molecule has 0 aliphatic carbocycles. The number of nitrogens with one attached hydrogen (secondary N) is 2. The van der Waals surface area contributed by atoms with Gasteiger partial charge in [0.15, 0.2) is 0 Å². The third kappa shape index (κ3) is 4.88. The van der Waals surface area contributed by atoms with Gasteiger partial charge in [-0.25, -0.2) is 4.79 Å². The van der Waals surface area contributed by atoms with Crippen molar-refractivity contribution < 1.29 is 14.4 Å². The lowest BCUT2D eigenvalue weighted by atomic mass is 10.1. The second kappa shape index (κ2) is 7.90. The van der Waals surface area contributed by atoms with Crippen molar-refractivity contribution in [3.05, 3.63) is 29.3 Å². The summed E-state index contributed by atoms with van der Waals surface area (Å²) in [7, 11) is 0. The van der Waals surface area contributed by atoms with Gasteiger partial charge in [0.25, 0.3) is 5.91 Å². The highest BCUT2D eigenvalue weighted by Crippen LogP contribution is 2.19. The molecule has 0 radical (unpaired) electrons. The highest BCUT2D eigenvalue weighted by molar-refractivity contribution is 7.99. The molecule has 0 atom stereocenters. The van der Waals surface area contributed by atoms with Crippen molar-refractivity contribution in [3.63, 3.8) is 0 Å². The van der Waals surface area contributed by atoms with Gasteiger partial charge in [0.1, 0.15) is 5.54 Å². The largest absolute Gasteiger partial charge is 0.355 e. The Kier molecular flexibility index (Phi) is 6.12.